The van der Waals surface area contributed by atoms with Crippen LogP contribution < -0.4 is 23.4 Å². The Morgan fingerprint density at radius 1 is 0.913 bits per heavy atom. The van der Waals surface area contributed by atoms with Crippen LogP contribution in [0.2, 0.25) is 0 Å². The van der Waals surface area contributed by atoms with E-state index in [9.17, 15) is 13.7 Å². The van der Waals surface area contributed by atoms with Gasteiger partial charge in [-0.25, -0.2) is 4.98 Å². The molecule has 1 fully saturated rings. The van der Waals surface area contributed by atoms with E-state index in [1.807, 2.05) is 50.4 Å². The molecule has 1 unspecified atom stereocenters. The third-order valence-electron chi connectivity index (χ3n) is 8.71. The molecule has 12 heteroatoms. The highest BCUT2D eigenvalue weighted by atomic mass is 32.2. The smallest absolute Gasteiger partial charge is 0.281 e. The van der Waals surface area contributed by atoms with E-state index in [4.69, 9.17) is 14.2 Å². The minimum absolute atomic E-state index is 0.0496. The number of sulfonamides is 1. The van der Waals surface area contributed by atoms with E-state index in [1.165, 1.54) is 23.7 Å². The van der Waals surface area contributed by atoms with Crippen LogP contribution in [0, 0.1) is 18.3 Å². The number of benzene rings is 2. The normalized spacial score (nSPS) is 18.2. The molecular formula is C34H36N6O5S. The number of rotatable bonds is 9. The Balaban J connectivity index is 1.53. The highest BCUT2D eigenvalue weighted by Crippen LogP contribution is 2.52. The number of piperazine rings is 1. The van der Waals surface area contributed by atoms with Gasteiger partial charge in [0.2, 0.25) is 0 Å². The first kappa shape index (κ1) is 31.1. The molecule has 0 bridgehead atoms. The molecule has 2 aliphatic heterocycles. The van der Waals surface area contributed by atoms with Crippen LogP contribution in [0.3, 0.4) is 0 Å². The van der Waals surface area contributed by atoms with Gasteiger partial charge >= 0.3 is 0 Å². The molecule has 0 radical (unpaired) electrons. The Hall–Kier alpha value is -4.86. The van der Waals surface area contributed by atoms with Gasteiger partial charge in [0, 0.05) is 61.0 Å². The van der Waals surface area contributed by atoms with Crippen LogP contribution in [-0.2, 0) is 15.6 Å². The zero-order valence-corrected chi connectivity index (χ0v) is 27.1. The number of nitrogens with zero attached hydrogens (tertiary/aromatic N) is 6. The van der Waals surface area contributed by atoms with Gasteiger partial charge in [-0.2, -0.15) is 13.7 Å². The molecule has 0 N–H and O–H groups in total. The maximum Gasteiger partial charge on any atom is 0.281 e. The molecule has 1 saturated heterocycles. The van der Waals surface area contributed by atoms with E-state index in [0.717, 1.165) is 16.9 Å². The Kier molecular flexibility index (Phi) is 8.46. The number of aryl methyl sites for hydroxylation is 1. The quantitative estimate of drug-likeness (QED) is 0.261. The molecule has 6 rings (SSSR count). The standard InChI is InChI=1S/C34H36N6O5S/c1-5-45-32-20-27(43-3)7-9-29(32)34(39-16-14-38(15-17-39)26-12-13-36-24(2)18-26)23-40(31-10-6-25(21-35)19-30(31)34)46(41,42)33-11-8-28(44-4)22-37-33/h6-13,18-20,22H,5,14-17,23H2,1-4H3. The summed E-state index contributed by atoms with van der Waals surface area (Å²) in [6, 6.07) is 20.2. The molecule has 4 heterocycles. The van der Waals surface area contributed by atoms with Crippen LogP contribution >= 0.6 is 0 Å². The average molecular weight is 641 g/mol. The van der Waals surface area contributed by atoms with Crippen LogP contribution in [0.25, 0.3) is 0 Å². The molecule has 238 valence electrons. The van der Waals surface area contributed by atoms with Crippen molar-refractivity contribution < 1.29 is 22.6 Å². The van der Waals surface area contributed by atoms with Gasteiger partial charge in [-0.15, -0.1) is 0 Å². The monoisotopic (exact) mass is 640 g/mol. The Bertz CT molecular complexity index is 1890. The minimum atomic E-state index is -4.14. The Morgan fingerprint density at radius 3 is 2.33 bits per heavy atom. The summed E-state index contributed by atoms with van der Waals surface area (Å²) in [4.78, 5) is 13.2. The lowest BCUT2D eigenvalue weighted by atomic mass is 9.81. The van der Waals surface area contributed by atoms with Crippen molar-refractivity contribution in [2.75, 3.05) is 62.8 Å². The lowest BCUT2D eigenvalue weighted by molar-refractivity contribution is 0.124. The van der Waals surface area contributed by atoms with Crippen molar-refractivity contribution in [3.63, 3.8) is 0 Å². The highest BCUT2D eigenvalue weighted by molar-refractivity contribution is 7.92. The number of hydrogen-bond donors (Lipinski definition) is 0. The van der Waals surface area contributed by atoms with Crippen LogP contribution in [-0.4, -0.2) is 76.8 Å². The molecule has 11 nitrogen and oxygen atoms in total. The second-order valence-electron chi connectivity index (χ2n) is 11.2. The largest absolute Gasteiger partial charge is 0.497 e. The van der Waals surface area contributed by atoms with Crippen molar-refractivity contribution in [1.29, 1.82) is 5.26 Å². The predicted molar refractivity (Wildman–Crippen MR) is 174 cm³/mol. The third-order valence-corrected chi connectivity index (χ3v) is 10.4. The molecule has 0 saturated carbocycles. The van der Waals surface area contributed by atoms with E-state index in [-0.39, 0.29) is 11.6 Å². The lowest BCUT2D eigenvalue weighted by Crippen LogP contribution is -2.58. The van der Waals surface area contributed by atoms with Crippen LogP contribution in [0.1, 0.15) is 29.3 Å². The number of ether oxygens (including phenoxy) is 3. The zero-order chi connectivity index (χ0) is 32.5. The van der Waals surface area contributed by atoms with Gasteiger partial charge in [0.05, 0.1) is 56.4 Å². The minimum Gasteiger partial charge on any atom is -0.497 e. The van der Waals surface area contributed by atoms with Gasteiger partial charge in [0.1, 0.15) is 17.2 Å². The molecule has 2 aromatic heterocycles. The van der Waals surface area contributed by atoms with E-state index in [1.54, 1.807) is 25.3 Å². The molecule has 4 aromatic rings. The Labute approximate surface area is 269 Å². The zero-order valence-electron chi connectivity index (χ0n) is 26.3. The number of aromatic nitrogens is 2. The van der Waals surface area contributed by atoms with Crippen LogP contribution in [0.5, 0.6) is 17.2 Å². The van der Waals surface area contributed by atoms with Crippen molar-refractivity contribution in [2.45, 2.75) is 24.4 Å². The number of hydrogen-bond acceptors (Lipinski definition) is 10. The van der Waals surface area contributed by atoms with Crippen molar-refractivity contribution >= 4 is 21.4 Å². The van der Waals surface area contributed by atoms with Crippen molar-refractivity contribution in [3.8, 4) is 23.3 Å². The number of fused-ring (bicyclic) bond motifs is 1. The first-order chi connectivity index (χ1) is 22.2. The second kappa shape index (κ2) is 12.5. The molecule has 2 aliphatic rings. The summed E-state index contributed by atoms with van der Waals surface area (Å²) in [7, 11) is -1.04. The lowest BCUT2D eigenvalue weighted by Gasteiger charge is -2.47. The van der Waals surface area contributed by atoms with Crippen molar-refractivity contribution in [1.82, 2.24) is 14.9 Å². The van der Waals surface area contributed by atoms with E-state index in [0.29, 0.717) is 66.8 Å². The fraction of sp³-hybridized carbons (Fsp3) is 0.324. The number of methoxy groups -OCH3 is 2. The molecule has 0 amide bonds. The van der Waals surface area contributed by atoms with Crippen LogP contribution in [0.15, 0.2) is 78.1 Å². The fourth-order valence-corrected chi connectivity index (χ4v) is 7.92. The van der Waals surface area contributed by atoms with E-state index >= 15 is 0 Å². The number of pyridine rings is 2. The van der Waals surface area contributed by atoms with Crippen molar-refractivity contribution in [2.24, 2.45) is 0 Å². The fourth-order valence-electron chi connectivity index (χ4n) is 6.49. The SMILES string of the molecule is CCOc1cc(OC)ccc1C1(N2CCN(c3ccnc(C)c3)CC2)CN(S(=O)(=O)c2ccc(OC)cn2)c2ccc(C#N)cc21. The highest BCUT2D eigenvalue weighted by Gasteiger charge is 2.53. The molecule has 0 spiro atoms. The summed E-state index contributed by atoms with van der Waals surface area (Å²) in [6.07, 6.45) is 3.21. The predicted octanol–water partition coefficient (Wildman–Crippen LogP) is 4.35. The maximum atomic E-state index is 14.4. The van der Waals surface area contributed by atoms with Gasteiger partial charge in [-0.3, -0.25) is 14.2 Å². The maximum absolute atomic E-state index is 14.4. The van der Waals surface area contributed by atoms with Gasteiger partial charge in [0.15, 0.2) is 5.03 Å². The molecule has 0 aliphatic carbocycles. The number of anilines is 2. The van der Waals surface area contributed by atoms with Gasteiger partial charge in [0.25, 0.3) is 10.0 Å². The first-order valence-electron chi connectivity index (χ1n) is 15.1. The van der Waals surface area contributed by atoms with E-state index < -0.39 is 15.6 Å². The van der Waals surface area contributed by atoms with E-state index in [2.05, 4.69) is 31.9 Å². The average Bonchev–Trinajstić information content (AvgIpc) is 3.44. The molecule has 1 atom stereocenters. The molecular weight excluding hydrogens is 604 g/mol. The second-order valence-corrected chi connectivity index (χ2v) is 13.0. The Morgan fingerprint density at radius 2 is 1.67 bits per heavy atom. The summed E-state index contributed by atoms with van der Waals surface area (Å²) in [5.74, 6) is 1.66. The summed E-state index contributed by atoms with van der Waals surface area (Å²) in [5, 5.41) is 9.89. The van der Waals surface area contributed by atoms with Crippen LogP contribution in [0.4, 0.5) is 11.4 Å². The van der Waals surface area contributed by atoms with Gasteiger partial charge in [-0.1, -0.05) is 0 Å². The summed E-state index contributed by atoms with van der Waals surface area (Å²) in [5.41, 5.74) is 3.46. The van der Waals surface area contributed by atoms with Gasteiger partial charge < -0.3 is 19.1 Å². The van der Waals surface area contributed by atoms with Crippen molar-refractivity contribution in [3.05, 3.63) is 95.4 Å². The van der Waals surface area contributed by atoms with Gasteiger partial charge in [-0.05, 0) is 68.4 Å². The third kappa shape index (κ3) is 5.35. The topological polar surface area (TPSA) is 121 Å². The summed E-state index contributed by atoms with van der Waals surface area (Å²) >= 11 is 0. The molecule has 46 heavy (non-hydrogen) atoms. The summed E-state index contributed by atoms with van der Waals surface area (Å²) in [6.45, 7) is 6.96. The summed E-state index contributed by atoms with van der Waals surface area (Å²) < 4.78 is 47.2. The first-order valence-corrected chi connectivity index (χ1v) is 16.5. The number of nitriles is 1. The molecule has 2 aromatic carbocycles.